The van der Waals surface area contributed by atoms with Crippen molar-refractivity contribution < 1.29 is 9.90 Å². The summed E-state index contributed by atoms with van der Waals surface area (Å²) in [5.41, 5.74) is 10.6. The molecular weight excluding hydrogens is 392 g/mol. The van der Waals surface area contributed by atoms with Crippen molar-refractivity contribution in [1.29, 1.82) is 0 Å². The molecule has 1 fully saturated rings. The van der Waals surface area contributed by atoms with Crippen LogP contribution in [0.5, 0.6) is 0 Å². The Morgan fingerprint density at radius 1 is 1.23 bits per heavy atom. The molecule has 4 nitrogen and oxygen atoms in total. The fraction of sp³-hybridized carbons (Fsp3) is 0.320. The highest BCUT2D eigenvalue weighted by atomic mass is 32.1. The molecule has 1 saturated heterocycles. The van der Waals surface area contributed by atoms with E-state index < -0.39 is 0 Å². The third-order valence-electron chi connectivity index (χ3n) is 6.07. The van der Waals surface area contributed by atoms with Crippen LogP contribution in [0.2, 0.25) is 0 Å². The Kier molecular flexibility index (Phi) is 6.04. The lowest BCUT2D eigenvalue weighted by Gasteiger charge is -2.17. The van der Waals surface area contributed by atoms with E-state index in [0.29, 0.717) is 5.56 Å². The van der Waals surface area contributed by atoms with Crippen LogP contribution in [-0.2, 0) is 6.54 Å². The van der Waals surface area contributed by atoms with Gasteiger partial charge in [0, 0.05) is 40.9 Å². The van der Waals surface area contributed by atoms with E-state index in [4.69, 9.17) is 5.73 Å². The largest absolute Gasteiger partial charge is 0.392 e. The van der Waals surface area contributed by atoms with E-state index in [1.54, 1.807) is 6.07 Å². The second kappa shape index (κ2) is 8.72. The van der Waals surface area contributed by atoms with Gasteiger partial charge in [0.05, 0.1) is 6.10 Å². The number of β-amino-alcohol motifs (C(OH)–C–C–N with tert-alkyl or cyclic N) is 1. The van der Waals surface area contributed by atoms with Crippen molar-refractivity contribution in [3.8, 4) is 10.4 Å². The zero-order chi connectivity index (χ0) is 21.3. The molecule has 1 aromatic heterocycles. The maximum atomic E-state index is 11.7. The first-order valence-corrected chi connectivity index (χ1v) is 11.2. The molecule has 0 aliphatic carbocycles. The SMILES string of the molecule is Cc1c(C(N)=O)cccc1[C@H](C)c1cccc(-c2ccc(CN3CC[C@H](O)C3)s2)c1. The molecule has 30 heavy (non-hydrogen) atoms. The summed E-state index contributed by atoms with van der Waals surface area (Å²) in [5.74, 6) is -0.221. The highest BCUT2D eigenvalue weighted by Crippen LogP contribution is 2.34. The van der Waals surface area contributed by atoms with Gasteiger partial charge in [0.25, 0.3) is 0 Å². The molecule has 0 spiro atoms. The number of rotatable bonds is 6. The van der Waals surface area contributed by atoms with E-state index in [9.17, 15) is 9.90 Å². The Morgan fingerprint density at radius 3 is 2.77 bits per heavy atom. The Hall–Kier alpha value is -2.47. The minimum absolute atomic E-state index is 0.162. The summed E-state index contributed by atoms with van der Waals surface area (Å²) < 4.78 is 0. The van der Waals surface area contributed by atoms with Crippen molar-refractivity contribution in [3.63, 3.8) is 0 Å². The molecule has 3 N–H and O–H groups in total. The summed E-state index contributed by atoms with van der Waals surface area (Å²) in [6, 6.07) is 18.8. The molecule has 0 radical (unpaired) electrons. The van der Waals surface area contributed by atoms with E-state index in [2.05, 4.69) is 54.3 Å². The first-order chi connectivity index (χ1) is 14.4. The number of aliphatic hydroxyl groups excluding tert-OH is 1. The second-order valence-electron chi connectivity index (χ2n) is 8.17. The molecule has 3 aromatic rings. The summed E-state index contributed by atoms with van der Waals surface area (Å²) in [6.07, 6.45) is 0.688. The minimum atomic E-state index is -0.382. The van der Waals surface area contributed by atoms with Crippen molar-refractivity contribution in [2.45, 2.75) is 38.8 Å². The molecule has 0 bridgehead atoms. The van der Waals surface area contributed by atoms with Crippen LogP contribution in [0.1, 0.15) is 51.2 Å². The van der Waals surface area contributed by atoms with Crippen LogP contribution in [0.25, 0.3) is 10.4 Å². The van der Waals surface area contributed by atoms with E-state index in [1.807, 2.05) is 24.3 Å². The molecular formula is C25H28N2O2S. The van der Waals surface area contributed by atoms with Crippen molar-refractivity contribution in [2.75, 3.05) is 13.1 Å². The average Bonchev–Trinajstić information content (AvgIpc) is 3.37. The van der Waals surface area contributed by atoms with Gasteiger partial charge in [0.2, 0.25) is 5.91 Å². The number of amides is 1. The van der Waals surface area contributed by atoms with Gasteiger partial charge in [-0.1, -0.05) is 37.3 Å². The van der Waals surface area contributed by atoms with Gasteiger partial charge in [-0.2, -0.15) is 0 Å². The number of likely N-dealkylation sites (tertiary alicyclic amines) is 1. The fourth-order valence-electron chi connectivity index (χ4n) is 4.32. The zero-order valence-electron chi connectivity index (χ0n) is 17.5. The Morgan fingerprint density at radius 2 is 2.03 bits per heavy atom. The lowest BCUT2D eigenvalue weighted by atomic mass is 9.87. The number of hydrogen-bond acceptors (Lipinski definition) is 4. The minimum Gasteiger partial charge on any atom is -0.392 e. The number of aliphatic hydroxyl groups is 1. The molecule has 2 atom stereocenters. The van der Waals surface area contributed by atoms with Gasteiger partial charge in [0.1, 0.15) is 0 Å². The Bertz CT molecular complexity index is 1060. The van der Waals surface area contributed by atoms with Gasteiger partial charge in [-0.25, -0.2) is 0 Å². The molecule has 1 amide bonds. The first-order valence-electron chi connectivity index (χ1n) is 10.4. The highest BCUT2D eigenvalue weighted by Gasteiger charge is 2.21. The monoisotopic (exact) mass is 420 g/mol. The highest BCUT2D eigenvalue weighted by molar-refractivity contribution is 7.15. The topological polar surface area (TPSA) is 66.6 Å². The summed E-state index contributed by atoms with van der Waals surface area (Å²) in [7, 11) is 0. The second-order valence-corrected chi connectivity index (χ2v) is 9.34. The van der Waals surface area contributed by atoms with Gasteiger partial charge in [0.15, 0.2) is 0 Å². The summed E-state index contributed by atoms with van der Waals surface area (Å²) in [6.45, 7) is 6.77. The number of thiophene rings is 1. The van der Waals surface area contributed by atoms with Gasteiger partial charge >= 0.3 is 0 Å². The van der Waals surface area contributed by atoms with Crippen molar-refractivity contribution >= 4 is 17.2 Å². The molecule has 1 aliphatic heterocycles. The van der Waals surface area contributed by atoms with E-state index in [0.717, 1.165) is 37.2 Å². The van der Waals surface area contributed by atoms with Crippen molar-refractivity contribution in [1.82, 2.24) is 4.90 Å². The number of nitrogens with zero attached hydrogens (tertiary/aromatic N) is 1. The van der Waals surface area contributed by atoms with E-state index in [-0.39, 0.29) is 17.9 Å². The van der Waals surface area contributed by atoms with Crippen LogP contribution >= 0.6 is 11.3 Å². The smallest absolute Gasteiger partial charge is 0.248 e. The molecule has 2 aromatic carbocycles. The van der Waals surface area contributed by atoms with Crippen LogP contribution in [0.15, 0.2) is 54.6 Å². The number of primary amides is 1. The molecule has 5 heteroatoms. The molecule has 0 unspecified atom stereocenters. The molecule has 4 rings (SSSR count). The lowest BCUT2D eigenvalue weighted by molar-refractivity contribution is 0.0999. The average molecular weight is 421 g/mol. The summed E-state index contributed by atoms with van der Waals surface area (Å²) >= 11 is 1.82. The molecule has 0 saturated carbocycles. The summed E-state index contributed by atoms with van der Waals surface area (Å²) in [5, 5.41) is 9.74. The molecule has 2 heterocycles. The number of carbonyl (C=O) groups is 1. The van der Waals surface area contributed by atoms with Crippen LogP contribution in [0.4, 0.5) is 0 Å². The lowest BCUT2D eigenvalue weighted by Crippen LogP contribution is -2.20. The first kappa shape index (κ1) is 20.8. The van der Waals surface area contributed by atoms with Gasteiger partial charge in [-0.3, -0.25) is 9.69 Å². The predicted octanol–water partition coefficient (Wildman–Crippen LogP) is 4.54. The van der Waals surface area contributed by atoms with Crippen molar-refractivity contribution in [2.24, 2.45) is 5.73 Å². The van der Waals surface area contributed by atoms with Gasteiger partial charge < -0.3 is 10.8 Å². The standard InChI is InChI=1S/C25H28N2O2S/c1-16(22-7-4-8-23(17(22)2)25(26)29)18-5-3-6-19(13-18)24-10-9-21(30-24)15-27-12-11-20(28)14-27/h3-10,13,16,20,28H,11-12,14-15H2,1-2H3,(H2,26,29)/t16-,20+/m1/s1. The maximum absolute atomic E-state index is 11.7. The third-order valence-corrected chi connectivity index (χ3v) is 7.19. The van der Waals surface area contributed by atoms with Gasteiger partial charge in [-0.15, -0.1) is 11.3 Å². The van der Waals surface area contributed by atoms with E-state index in [1.165, 1.54) is 20.9 Å². The number of nitrogens with two attached hydrogens (primary N) is 1. The maximum Gasteiger partial charge on any atom is 0.248 e. The van der Waals surface area contributed by atoms with Crippen LogP contribution in [0, 0.1) is 6.92 Å². The molecule has 156 valence electrons. The number of hydrogen-bond donors (Lipinski definition) is 2. The predicted molar refractivity (Wildman–Crippen MR) is 123 cm³/mol. The normalized spacial score (nSPS) is 17.9. The fourth-order valence-corrected chi connectivity index (χ4v) is 5.37. The third kappa shape index (κ3) is 4.33. The van der Waals surface area contributed by atoms with E-state index >= 15 is 0 Å². The Balaban J connectivity index is 1.56. The van der Waals surface area contributed by atoms with Crippen LogP contribution in [-0.4, -0.2) is 35.1 Å². The number of benzene rings is 2. The molecule has 1 aliphatic rings. The number of carbonyl (C=O) groups excluding carboxylic acids is 1. The van der Waals surface area contributed by atoms with Gasteiger partial charge in [-0.05, 0) is 59.9 Å². The summed E-state index contributed by atoms with van der Waals surface area (Å²) in [4.78, 5) is 16.6. The Labute approximate surface area is 182 Å². The quantitative estimate of drug-likeness (QED) is 0.615. The zero-order valence-corrected chi connectivity index (χ0v) is 18.3. The van der Waals surface area contributed by atoms with Crippen LogP contribution < -0.4 is 5.73 Å². The van der Waals surface area contributed by atoms with Crippen LogP contribution in [0.3, 0.4) is 0 Å². The van der Waals surface area contributed by atoms with Crippen molar-refractivity contribution in [3.05, 3.63) is 81.7 Å².